The van der Waals surface area contributed by atoms with E-state index in [0.717, 1.165) is 19.3 Å². The zero-order valence-corrected chi connectivity index (χ0v) is 9.84. The number of rotatable bonds is 2. The van der Waals surface area contributed by atoms with Crippen molar-refractivity contribution in [2.75, 3.05) is 0 Å². The lowest BCUT2D eigenvalue weighted by Gasteiger charge is -2.27. The van der Waals surface area contributed by atoms with Crippen LogP contribution in [0.4, 0.5) is 0 Å². The quantitative estimate of drug-likeness (QED) is 0.785. The van der Waals surface area contributed by atoms with E-state index in [-0.39, 0.29) is 6.04 Å². The van der Waals surface area contributed by atoms with Crippen molar-refractivity contribution in [1.29, 1.82) is 0 Å². The molecule has 0 aliphatic heterocycles. The van der Waals surface area contributed by atoms with Gasteiger partial charge in [0.25, 0.3) is 0 Å². The predicted octanol–water partition coefficient (Wildman–Crippen LogP) is 3.15. The maximum atomic E-state index is 6.25. The van der Waals surface area contributed by atoms with Gasteiger partial charge in [-0.05, 0) is 54.4 Å². The van der Waals surface area contributed by atoms with E-state index in [0.29, 0.717) is 0 Å². The summed E-state index contributed by atoms with van der Waals surface area (Å²) in [6.07, 6.45) is 5.90. The minimum Gasteiger partial charge on any atom is -0.324 e. The van der Waals surface area contributed by atoms with Crippen LogP contribution in [0.3, 0.4) is 0 Å². The Bertz CT molecular complexity index is 355. The van der Waals surface area contributed by atoms with Gasteiger partial charge >= 0.3 is 0 Å². The van der Waals surface area contributed by atoms with Crippen LogP contribution < -0.4 is 5.73 Å². The van der Waals surface area contributed by atoms with E-state index >= 15 is 0 Å². The minimum atomic E-state index is 0.287. The van der Waals surface area contributed by atoms with Gasteiger partial charge < -0.3 is 5.73 Å². The predicted molar refractivity (Wildman–Crippen MR) is 65.1 cm³/mol. The van der Waals surface area contributed by atoms with Gasteiger partial charge in [0.1, 0.15) is 0 Å². The molecule has 1 aliphatic rings. The second-order valence-electron chi connectivity index (χ2n) is 4.48. The van der Waals surface area contributed by atoms with Crippen molar-refractivity contribution in [2.24, 2.45) is 5.73 Å². The van der Waals surface area contributed by atoms with Gasteiger partial charge in [0.15, 0.2) is 0 Å². The lowest BCUT2D eigenvalue weighted by atomic mass is 9.81. The normalized spacial score (nSPS) is 20.1. The van der Waals surface area contributed by atoms with Gasteiger partial charge in [0, 0.05) is 6.04 Å². The third-order valence-electron chi connectivity index (χ3n) is 3.62. The average Bonchev–Trinajstić information content (AvgIpc) is 2.28. The molecule has 1 atom stereocenters. The highest BCUT2D eigenvalue weighted by molar-refractivity contribution is 5.44. The Kier molecular flexibility index (Phi) is 3.11. The molecule has 0 saturated carbocycles. The Balaban J connectivity index is 2.56. The van der Waals surface area contributed by atoms with Gasteiger partial charge in [0.2, 0.25) is 0 Å². The van der Waals surface area contributed by atoms with Gasteiger partial charge in [-0.1, -0.05) is 26.0 Å². The fraction of sp³-hybridized carbons (Fsp3) is 0.571. The summed E-state index contributed by atoms with van der Waals surface area (Å²) in [4.78, 5) is 0. The fourth-order valence-electron chi connectivity index (χ4n) is 2.80. The summed E-state index contributed by atoms with van der Waals surface area (Å²) >= 11 is 0. The molecule has 0 bridgehead atoms. The molecule has 1 heteroatoms. The van der Waals surface area contributed by atoms with Gasteiger partial charge in [-0.15, -0.1) is 0 Å². The highest BCUT2D eigenvalue weighted by Crippen LogP contribution is 2.33. The van der Waals surface area contributed by atoms with Crippen LogP contribution in [0.2, 0.25) is 0 Å². The van der Waals surface area contributed by atoms with Gasteiger partial charge in [-0.3, -0.25) is 0 Å². The summed E-state index contributed by atoms with van der Waals surface area (Å²) in [6, 6.07) is 4.87. The molecule has 0 unspecified atom stereocenters. The van der Waals surface area contributed by atoms with Crippen molar-refractivity contribution in [1.82, 2.24) is 0 Å². The van der Waals surface area contributed by atoms with Crippen LogP contribution in [0.1, 0.15) is 55.0 Å². The summed E-state index contributed by atoms with van der Waals surface area (Å²) in [6.45, 7) is 4.46. The molecule has 82 valence electrons. The maximum Gasteiger partial charge on any atom is 0.0300 e. The molecule has 15 heavy (non-hydrogen) atoms. The van der Waals surface area contributed by atoms with Crippen molar-refractivity contribution >= 4 is 0 Å². The highest BCUT2D eigenvalue weighted by Gasteiger charge is 2.21. The Labute approximate surface area is 92.7 Å². The van der Waals surface area contributed by atoms with Crippen LogP contribution in [0.5, 0.6) is 0 Å². The summed E-state index contributed by atoms with van der Waals surface area (Å²) in [5.41, 5.74) is 12.3. The van der Waals surface area contributed by atoms with E-state index in [9.17, 15) is 0 Å². The fourth-order valence-corrected chi connectivity index (χ4v) is 2.80. The van der Waals surface area contributed by atoms with Crippen molar-refractivity contribution in [3.05, 3.63) is 34.4 Å². The second-order valence-corrected chi connectivity index (χ2v) is 4.48. The van der Waals surface area contributed by atoms with Gasteiger partial charge in [0.05, 0.1) is 0 Å². The van der Waals surface area contributed by atoms with Crippen LogP contribution in [-0.4, -0.2) is 0 Å². The van der Waals surface area contributed by atoms with E-state index in [2.05, 4.69) is 26.0 Å². The smallest absolute Gasteiger partial charge is 0.0300 e. The molecule has 0 heterocycles. The zero-order chi connectivity index (χ0) is 10.8. The van der Waals surface area contributed by atoms with E-state index in [1.165, 1.54) is 29.5 Å². The number of hydrogen-bond donors (Lipinski definition) is 1. The molecule has 0 spiro atoms. The molecule has 0 saturated heterocycles. The van der Waals surface area contributed by atoms with Crippen LogP contribution in [0.15, 0.2) is 12.1 Å². The lowest BCUT2D eigenvalue weighted by molar-refractivity contribution is 0.562. The first-order chi connectivity index (χ1) is 7.27. The van der Waals surface area contributed by atoms with Gasteiger partial charge in [-0.25, -0.2) is 0 Å². The van der Waals surface area contributed by atoms with Crippen LogP contribution >= 0.6 is 0 Å². The number of nitrogens with two attached hydrogens (primary N) is 1. The van der Waals surface area contributed by atoms with Crippen molar-refractivity contribution < 1.29 is 0 Å². The third-order valence-corrected chi connectivity index (χ3v) is 3.62. The zero-order valence-electron chi connectivity index (χ0n) is 9.84. The lowest BCUT2D eigenvalue weighted by Crippen LogP contribution is -2.20. The summed E-state index contributed by atoms with van der Waals surface area (Å²) in [5.74, 6) is 0. The maximum absolute atomic E-state index is 6.25. The monoisotopic (exact) mass is 203 g/mol. The number of fused-ring (bicyclic) bond motifs is 1. The summed E-state index contributed by atoms with van der Waals surface area (Å²) in [7, 11) is 0. The second kappa shape index (κ2) is 4.36. The van der Waals surface area contributed by atoms with Crippen molar-refractivity contribution in [3.63, 3.8) is 0 Å². The van der Waals surface area contributed by atoms with Crippen LogP contribution in [0, 0.1) is 0 Å². The Morgan fingerprint density at radius 1 is 1.20 bits per heavy atom. The third kappa shape index (κ3) is 1.81. The minimum absolute atomic E-state index is 0.287. The molecule has 2 rings (SSSR count). The first kappa shape index (κ1) is 10.7. The highest BCUT2D eigenvalue weighted by atomic mass is 14.6. The van der Waals surface area contributed by atoms with E-state index in [4.69, 9.17) is 5.73 Å². The molecule has 1 nitrogen and oxygen atoms in total. The van der Waals surface area contributed by atoms with Crippen LogP contribution in [0.25, 0.3) is 0 Å². The Hall–Kier alpha value is -0.820. The van der Waals surface area contributed by atoms with E-state index in [1.807, 2.05) is 0 Å². The van der Waals surface area contributed by atoms with Crippen molar-refractivity contribution in [2.45, 2.75) is 52.0 Å². The molecular formula is C14H21N. The molecular weight excluding hydrogens is 182 g/mol. The summed E-state index contributed by atoms with van der Waals surface area (Å²) < 4.78 is 0. The Morgan fingerprint density at radius 3 is 2.53 bits per heavy atom. The van der Waals surface area contributed by atoms with Gasteiger partial charge in [-0.2, -0.15) is 0 Å². The average molecular weight is 203 g/mol. The summed E-state index contributed by atoms with van der Waals surface area (Å²) in [5, 5.41) is 0. The van der Waals surface area contributed by atoms with E-state index < -0.39 is 0 Å². The van der Waals surface area contributed by atoms with Crippen molar-refractivity contribution in [3.8, 4) is 0 Å². The molecule has 2 N–H and O–H groups in total. The molecule has 1 aromatic rings. The van der Waals surface area contributed by atoms with E-state index in [1.54, 1.807) is 5.56 Å². The molecule has 0 radical (unpaired) electrons. The number of benzene rings is 1. The largest absolute Gasteiger partial charge is 0.324 e. The topological polar surface area (TPSA) is 26.0 Å². The molecule has 1 aromatic carbocycles. The number of aryl methyl sites for hydroxylation is 2. The molecule has 1 aliphatic carbocycles. The first-order valence-corrected chi connectivity index (χ1v) is 6.17. The standard InChI is InChI=1S/C14H21N/c1-3-10-8-9-11(4-2)14-12(10)6-5-7-13(14)15/h8-9,13H,3-7,15H2,1-2H3/t13-/m0/s1. The molecule has 0 aromatic heterocycles. The number of hydrogen-bond acceptors (Lipinski definition) is 1. The SMILES string of the molecule is CCc1ccc(CC)c2c1CCC[C@@H]2N. The molecule has 0 fully saturated rings. The van der Waals surface area contributed by atoms with Crippen LogP contribution in [-0.2, 0) is 19.3 Å². The Morgan fingerprint density at radius 2 is 1.87 bits per heavy atom. The first-order valence-electron chi connectivity index (χ1n) is 6.17. The molecule has 0 amide bonds.